The number of benzene rings is 1. The summed E-state index contributed by atoms with van der Waals surface area (Å²) in [6.45, 7) is 0.593. The van der Waals surface area contributed by atoms with Crippen LogP contribution in [-0.4, -0.2) is 35.5 Å². The van der Waals surface area contributed by atoms with Crippen molar-refractivity contribution in [1.82, 2.24) is 10.2 Å². The minimum atomic E-state index is 0.0785. The molecule has 0 aliphatic heterocycles. The molecule has 0 radical (unpaired) electrons. The zero-order valence-corrected chi connectivity index (χ0v) is 9.65. The summed E-state index contributed by atoms with van der Waals surface area (Å²) in [4.78, 5) is 1.85. The van der Waals surface area contributed by atoms with Crippen LogP contribution in [0.1, 0.15) is 0 Å². The van der Waals surface area contributed by atoms with E-state index in [0.717, 1.165) is 16.6 Å². The third-order valence-electron chi connectivity index (χ3n) is 2.42. The number of aliphatic hydroxyl groups excluding tert-OH is 1. The normalized spacial score (nSPS) is 10.7. The lowest BCUT2D eigenvalue weighted by Gasteiger charge is -2.17. The average molecular weight is 238 g/mol. The molecule has 0 atom stereocenters. The van der Waals surface area contributed by atoms with Crippen molar-refractivity contribution in [2.45, 2.75) is 0 Å². The Kier molecular flexibility index (Phi) is 3.22. The number of hydrogen-bond acceptors (Lipinski definition) is 4. The number of nitrogens with zero attached hydrogens (tertiary/aromatic N) is 3. The molecule has 0 saturated carbocycles. The van der Waals surface area contributed by atoms with Crippen LogP contribution in [-0.2, 0) is 0 Å². The van der Waals surface area contributed by atoms with Crippen LogP contribution in [0.5, 0.6) is 0 Å². The van der Waals surface area contributed by atoms with E-state index < -0.39 is 0 Å². The Labute approximate surface area is 98.5 Å². The highest BCUT2D eigenvalue weighted by Gasteiger charge is 2.10. The molecule has 2 rings (SSSR count). The Morgan fingerprint density at radius 3 is 2.62 bits per heavy atom. The minimum Gasteiger partial charge on any atom is -0.395 e. The molecule has 5 heteroatoms. The summed E-state index contributed by atoms with van der Waals surface area (Å²) < 4.78 is 0. The van der Waals surface area contributed by atoms with Crippen LogP contribution in [0.15, 0.2) is 24.3 Å². The maximum atomic E-state index is 8.91. The predicted octanol–water partition coefficient (Wildman–Crippen LogP) is 1.71. The maximum absolute atomic E-state index is 8.91. The molecule has 0 aliphatic carbocycles. The number of likely N-dealkylation sites (N-methyl/N-ethyl adjacent to an activating group) is 1. The third-order valence-corrected chi connectivity index (χ3v) is 2.70. The molecule has 0 unspecified atom stereocenters. The van der Waals surface area contributed by atoms with E-state index in [1.165, 1.54) is 0 Å². The second-order valence-electron chi connectivity index (χ2n) is 3.51. The van der Waals surface area contributed by atoms with E-state index >= 15 is 0 Å². The molecule has 1 heterocycles. The molecule has 0 saturated heterocycles. The van der Waals surface area contributed by atoms with Gasteiger partial charge in [0.15, 0.2) is 11.0 Å². The standard InChI is InChI=1S/C11H12ClN3O/c1-15(6-7-16)11-9-5-3-2-4-8(9)10(12)13-14-11/h2-5,16H,6-7H2,1H3. The van der Waals surface area contributed by atoms with Crippen LogP contribution in [0.4, 0.5) is 5.82 Å². The number of hydrogen-bond donors (Lipinski definition) is 1. The third kappa shape index (κ3) is 1.94. The van der Waals surface area contributed by atoms with Crippen molar-refractivity contribution in [2.24, 2.45) is 0 Å². The summed E-state index contributed by atoms with van der Waals surface area (Å²) >= 11 is 5.97. The van der Waals surface area contributed by atoms with Gasteiger partial charge < -0.3 is 10.0 Å². The van der Waals surface area contributed by atoms with Gasteiger partial charge in [-0.05, 0) is 0 Å². The van der Waals surface area contributed by atoms with Gasteiger partial charge in [-0.3, -0.25) is 0 Å². The fourth-order valence-electron chi connectivity index (χ4n) is 1.59. The maximum Gasteiger partial charge on any atom is 0.159 e. The van der Waals surface area contributed by atoms with E-state index in [1.807, 2.05) is 36.2 Å². The summed E-state index contributed by atoms with van der Waals surface area (Å²) in [7, 11) is 1.86. The Hall–Kier alpha value is -1.39. The van der Waals surface area contributed by atoms with Crippen LogP contribution >= 0.6 is 11.6 Å². The molecule has 2 aromatic rings. The predicted molar refractivity (Wildman–Crippen MR) is 64.9 cm³/mol. The van der Waals surface area contributed by atoms with Crippen molar-refractivity contribution in [3.8, 4) is 0 Å². The van der Waals surface area contributed by atoms with Crippen LogP contribution in [0.3, 0.4) is 0 Å². The van der Waals surface area contributed by atoms with Crippen molar-refractivity contribution >= 4 is 28.2 Å². The average Bonchev–Trinajstić information content (AvgIpc) is 2.30. The Bertz CT molecular complexity index is 504. The largest absolute Gasteiger partial charge is 0.395 e. The second-order valence-corrected chi connectivity index (χ2v) is 3.86. The van der Waals surface area contributed by atoms with Gasteiger partial charge in [-0.25, -0.2) is 0 Å². The van der Waals surface area contributed by atoms with Gasteiger partial charge >= 0.3 is 0 Å². The molecule has 16 heavy (non-hydrogen) atoms. The first-order chi connectivity index (χ1) is 7.74. The van der Waals surface area contributed by atoms with E-state index in [9.17, 15) is 0 Å². The van der Waals surface area contributed by atoms with Gasteiger partial charge in [0.05, 0.1) is 6.61 Å². The van der Waals surface area contributed by atoms with Crippen molar-refractivity contribution < 1.29 is 5.11 Å². The number of halogens is 1. The molecule has 0 fully saturated rings. The minimum absolute atomic E-state index is 0.0785. The number of anilines is 1. The summed E-state index contributed by atoms with van der Waals surface area (Å²) in [6, 6.07) is 7.68. The molecule has 0 bridgehead atoms. The monoisotopic (exact) mass is 237 g/mol. The SMILES string of the molecule is CN(CCO)c1nnc(Cl)c2ccccc12. The van der Waals surface area contributed by atoms with E-state index in [4.69, 9.17) is 16.7 Å². The van der Waals surface area contributed by atoms with E-state index in [-0.39, 0.29) is 6.61 Å². The van der Waals surface area contributed by atoms with E-state index in [2.05, 4.69) is 10.2 Å². The number of aromatic nitrogens is 2. The Morgan fingerprint density at radius 2 is 1.94 bits per heavy atom. The fourth-order valence-corrected chi connectivity index (χ4v) is 1.80. The van der Waals surface area contributed by atoms with Gasteiger partial charge in [-0.1, -0.05) is 35.9 Å². The van der Waals surface area contributed by atoms with Crippen LogP contribution in [0.2, 0.25) is 5.15 Å². The van der Waals surface area contributed by atoms with Gasteiger partial charge in [0.25, 0.3) is 0 Å². The summed E-state index contributed by atoms with van der Waals surface area (Å²) in [5.41, 5.74) is 0. The van der Waals surface area contributed by atoms with Crippen molar-refractivity contribution in [2.75, 3.05) is 25.1 Å². The molecular weight excluding hydrogens is 226 g/mol. The van der Waals surface area contributed by atoms with E-state index in [0.29, 0.717) is 11.7 Å². The molecule has 1 N–H and O–H groups in total. The molecule has 0 amide bonds. The number of rotatable bonds is 3. The molecule has 1 aromatic heterocycles. The lowest BCUT2D eigenvalue weighted by Crippen LogP contribution is -2.22. The highest BCUT2D eigenvalue weighted by Crippen LogP contribution is 2.27. The molecule has 84 valence electrons. The van der Waals surface area contributed by atoms with Crippen LogP contribution in [0.25, 0.3) is 10.8 Å². The number of fused-ring (bicyclic) bond motifs is 1. The van der Waals surface area contributed by atoms with Crippen LogP contribution < -0.4 is 4.90 Å². The van der Waals surface area contributed by atoms with Crippen molar-refractivity contribution in [3.05, 3.63) is 29.4 Å². The summed E-state index contributed by atoms with van der Waals surface area (Å²) in [6.07, 6.45) is 0. The Morgan fingerprint density at radius 1 is 1.25 bits per heavy atom. The zero-order chi connectivity index (χ0) is 11.5. The first kappa shape index (κ1) is 11.1. The molecule has 0 aliphatic rings. The fraction of sp³-hybridized carbons (Fsp3) is 0.273. The highest BCUT2D eigenvalue weighted by atomic mass is 35.5. The lowest BCUT2D eigenvalue weighted by molar-refractivity contribution is 0.304. The molecule has 0 spiro atoms. The van der Waals surface area contributed by atoms with Crippen LogP contribution in [0, 0.1) is 0 Å². The Balaban J connectivity index is 2.58. The highest BCUT2D eigenvalue weighted by molar-refractivity contribution is 6.34. The van der Waals surface area contributed by atoms with Gasteiger partial charge in [0.1, 0.15) is 0 Å². The molecule has 4 nitrogen and oxygen atoms in total. The molecular formula is C11H12ClN3O. The van der Waals surface area contributed by atoms with Gasteiger partial charge in [-0.15, -0.1) is 10.2 Å². The second kappa shape index (κ2) is 4.63. The summed E-state index contributed by atoms with van der Waals surface area (Å²) in [5, 5.41) is 19.1. The molecule has 1 aromatic carbocycles. The first-order valence-electron chi connectivity index (χ1n) is 4.97. The summed E-state index contributed by atoms with van der Waals surface area (Å²) in [5.74, 6) is 0.731. The smallest absolute Gasteiger partial charge is 0.159 e. The topological polar surface area (TPSA) is 49.2 Å². The zero-order valence-electron chi connectivity index (χ0n) is 8.89. The van der Waals surface area contributed by atoms with Gasteiger partial charge in [-0.2, -0.15) is 0 Å². The quantitative estimate of drug-likeness (QED) is 0.883. The van der Waals surface area contributed by atoms with Gasteiger partial charge in [0, 0.05) is 24.4 Å². The first-order valence-corrected chi connectivity index (χ1v) is 5.34. The lowest BCUT2D eigenvalue weighted by atomic mass is 10.2. The van der Waals surface area contributed by atoms with Crippen molar-refractivity contribution in [3.63, 3.8) is 0 Å². The van der Waals surface area contributed by atoms with Crippen molar-refractivity contribution in [1.29, 1.82) is 0 Å². The van der Waals surface area contributed by atoms with E-state index in [1.54, 1.807) is 0 Å². The van der Waals surface area contributed by atoms with Gasteiger partial charge in [0.2, 0.25) is 0 Å². The number of aliphatic hydroxyl groups is 1.